The summed E-state index contributed by atoms with van der Waals surface area (Å²) in [5.74, 6) is -1.22. The minimum absolute atomic E-state index is 0.126. The van der Waals surface area contributed by atoms with Crippen molar-refractivity contribution in [2.45, 2.75) is 58.4 Å². The van der Waals surface area contributed by atoms with Crippen LogP contribution in [0.3, 0.4) is 0 Å². The number of phenolic OH excluding ortho intramolecular Hbond substituents is 1. The number of amides is 1. The van der Waals surface area contributed by atoms with E-state index in [4.69, 9.17) is 0 Å². The number of phenols is 1. The lowest BCUT2D eigenvalue weighted by atomic mass is 10.0. The maximum absolute atomic E-state index is 11.9. The Labute approximate surface area is 143 Å². The van der Waals surface area contributed by atoms with Crippen LogP contribution in [0.1, 0.15) is 51.5 Å². The molecule has 1 aromatic rings. The van der Waals surface area contributed by atoms with E-state index in [0.29, 0.717) is 0 Å². The first-order chi connectivity index (χ1) is 11.5. The zero-order valence-corrected chi connectivity index (χ0v) is 14.4. The normalized spacial score (nSPS) is 12.2. The van der Waals surface area contributed by atoms with Crippen molar-refractivity contribution in [3.8, 4) is 5.75 Å². The molecular formula is C19H27NO4. The standard InChI is InChI=1S/C19H27NO4/c1-3-4-5-6-7-8-13-20(15(2)21)18(19(23)24)14-16-9-11-17(22)12-10-16/h8-13,18,22H,3-7,14H2,1-2H3,(H,23,24)/t18-/m0/s1. The summed E-state index contributed by atoms with van der Waals surface area (Å²) in [5, 5.41) is 18.8. The van der Waals surface area contributed by atoms with Gasteiger partial charge in [-0.25, -0.2) is 4.79 Å². The summed E-state index contributed by atoms with van der Waals surface area (Å²) in [5.41, 5.74) is 0.753. The molecule has 0 aliphatic carbocycles. The van der Waals surface area contributed by atoms with Crippen LogP contribution in [0.25, 0.3) is 0 Å². The van der Waals surface area contributed by atoms with Crippen LogP contribution < -0.4 is 0 Å². The number of aromatic hydroxyl groups is 1. The van der Waals surface area contributed by atoms with Crippen LogP contribution in [-0.2, 0) is 16.0 Å². The number of carbonyl (C=O) groups is 2. The van der Waals surface area contributed by atoms with Gasteiger partial charge >= 0.3 is 5.97 Å². The van der Waals surface area contributed by atoms with Crippen LogP contribution in [0.2, 0.25) is 0 Å². The van der Waals surface area contributed by atoms with Gasteiger partial charge in [0, 0.05) is 19.5 Å². The number of nitrogens with zero attached hydrogens (tertiary/aromatic N) is 1. The highest BCUT2D eigenvalue weighted by molar-refractivity contribution is 5.83. The van der Waals surface area contributed by atoms with Crippen LogP contribution in [-0.4, -0.2) is 33.0 Å². The lowest BCUT2D eigenvalue weighted by Gasteiger charge is -2.24. The minimum atomic E-state index is -1.05. The van der Waals surface area contributed by atoms with Crippen molar-refractivity contribution in [2.24, 2.45) is 0 Å². The van der Waals surface area contributed by atoms with Gasteiger partial charge in [0.25, 0.3) is 0 Å². The van der Waals surface area contributed by atoms with Crippen molar-refractivity contribution in [3.05, 3.63) is 42.1 Å². The first-order valence-electron chi connectivity index (χ1n) is 8.42. The second kappa shape index (κ2) is 10.5. The molecule has 5 heteroatoms. The largest absolute Gasteiger partial charge is 0.508 e. The van der Waals surface area contributed by atoms with Crippen molar-refractivity contribution >= 4 is 11.9 Å². The number of carboxylic acids is 1. The summed E-state index contributed by atoms with van der Waals surface area (Å²) >= 11 is 0. The van der Waals surface area contributed by atoms with E-state index in [0.717, 1.165) is 31.2 Å². The van der Waals surface area contributed by atoms with E-state index in [1.54, 1.807) is 18.3 Å². The Morgan fingerprint density at radius 1 is 1.17 bits per heavy atom. The Bertz CT molecular complexity index is 551. The Kier molecular flexibility index (Phi) is 8.61. The zero-order valence-electron chi connectivity index (χ0n) is 14.4. The van der Waals surface area contributed by atoms with Crippen LogP contribution >= 0.6 is 0 Å². The molecule has 0 aromatic heterocycles. The number of carboxylic acid groups (broad SMARTS) is 1. The average Bonchev–Trinajstić information content (AvgIpc) is 2.54. The fourth-order valence-corrected chi connectivity index (χ4v) is 2.47. The van der Waals surface area contributed by atoms with Gasteiger partial charge in [-0.2, -0.15) is 0 Å². The molecule has 0 heterocycles. The van der Waals surface area contributed by atoms with Crippen molar-refractivity contribution in [1.82, 2.24) is 4.90 Å². The molecule has 0 aliphatic heterocycles. The lowest BCUT2D eigenvalue weighted by molar-refractivity contribution is -0.147. The highest BCUT2D eigenvalue weighted by Crippen LogP contribution is 2.15. The molecule has 0 spiro atoms. The van der Waals surface area contributed by atoms with E-state index in [9.17, 15) is 19.8 Å². The van der Waals surface area contributed by atoms with Crippen LogP contribution in [0.4, 0.5) is 0 Å². The Morgan fingerprint density at radius 2 is 1.83 bits per heavy atom. The van der Waals surface area contributed by atoms with Crippen LogP contribution in [0.15, 0.2) is 36.5 Å². The number of carbonyl (C=O) groups excluding carboxylic acids is 1. The smallest absolute Gasteiger partial charge is 0.327 e. The summed E-state index contributed by atoms with van der Waals surface area (Å²) in [6, 6.07) is 5.39. The number of hydrogen-bond donors (Lipinski definition) is 2. The molecule has 0 fully saturated rings. The molecule has 0 bridgehead atoms. The second-order valence-corrected chi connectivity index (χ2v) is 5.89. The first-order valence-corrected chi connectivity index (χ1v) is 8.42. The average molecular weight is 333 g/mol. The third kappa shape index (κ3) is 6.86. The molecule has 132 valence electrons. The van der Waals surface area contributed by atoms with Gasteiger partial charge in [0.05, 0.1) is 0 Å². The fraction of sp³-hybridized carbons (Fsp3) is 0.474. The lowest BCUT2D eigenvalue weighted by Crippen LogP contribution is -2.42. The summed E-state index contributed by atoms with van der Waals surface area (Å²) in [7, 11) is 0. The Morgan fingerprint density at radius 3 is 2.38 bits per heavy atom. The molecule has 0 aliphatic rings. The van der Waals surface area contributed by atoms with Gasteiger partial charge in [-0.05, 0) is 30.5 Å². The maximum Gasteiger partial charge on any atom is 0.327 e. The van der Waals surface area contributed by atoms with Gasteiger partial charge in [-0.3, -0.25) is 4.79 Å². The first kappa shape index (κ1) is 19.7. The van der Waals surface area contributed by atoms with Crippen LogP contribution in [0.5, 0.6) is 5.75 Å². The van der Waals surface area contributed by atoms with Gasteiger partial charge in [0.1, 0.15) is 11.8 Å². The highest BCUT2D eigenvalue weighted by atomic mass is 16.4. The molecule has 0 unspecified atom stereocenters. The predicted molar refractivity (Wildman–Crippen MR) is 93.7 cm³/mol. The number of rotatable bonds is 10. The maximum atomic E-state index is 11.9. The number of aliphatic carboxylic acids is 1. The summed E-state index contributed by atoms with van der Waals surface area (Å²) in [6.45, 7) is 3.52. The molecule has 2 N–H and O–H groups in total. The van der Waals surface area contributed by atoms with Crippen molar-refractivity contribution in [2.75, 3.05) is 0 Å². The van der Waals surface area contributed by atoms with Crippen LogP contribution in [0, 0.1) is 0 Å². The molecule has 1 aromatic carbocycles. The number of allylic oxidation sites excluding steroid dienone is 1. The zero-order chi connectivity index (χ0) is 17.9. The molecule has 0 saturated heterocycles. The molecule has 5 nitrogen and oxygen atoms in total. The number of hydrogen-bond acceptors (Lipinski definition) is 3. The van der Waals surface area contributed by atoms with Gasteiger partial charge in [-0.1, -0.05) is 44.4 Å². The monoisotopic (exact) mass is 333 g/mol. The van der Waals surface area contributed by atoms with Gasteiger partial charge in [0.2, 0.25) is 5.91 Å². The fourth-order valence-electron chi connectivity index (χ4n) is 2.47. The van der Waals surface area contributed by atoms with E-state index < -0.39 is 12.0 Å². The second-order valence-electron chi connectivity index (χ2n) is 5.89. The van der Waals surface area contributed by atoms with Crippen molar-refractivity contribution in [3.63, 3.8) is 0 Å². The molecule has 24 heavy (non-hydrogen) atoms. The topological polar surface area (TPSA) is 77.8 Å². The SMILES string of the molecule is CCCCCCC=CN(C(C)=O)[C@@H](Cc1ccc(O)cc1)C(=O)O. The molecule has 1 atom stereocenters. The van der Waals surface area contributed by atoms with Crippen molar-refractivity contribution in [1.29, 1.82) is 0 Å². The Balaban J connectivity index is 2.76. The van der Waals surface area contributed by atoms with Gasteiger partial charge in [0.15, 0.2) is 0 Å². The van der Waals surface area contributed by atoms with Crippen molar-refractivity contribution < 1.29 is 19.8 Å². The number of unbranched alkanes of at least 4 members (excludes halogenated alkanes) is 4. The summed E-state index contributed by atoms with van der Waals surface area (Å²) in [6.07, 6.45) is 8.99. The molecule has 1 rings (SSSR count). The Hall–Kier alpha value is -2.30. The van der Waals surface area contributed by atoms with E-state index in [-0.39, 0.29) is 18.1 Å². The van der Waals surface area contributed by atoms with Gasteiger partial charge < -0.3 is 15.1 Å². The van der Waals surface area contributed by atoms with E-state index in [1.165, 1.54) is 30.4 Å². The molecular weight excluding hydrogens is 306 g/mol. The van der Waals surface area contributed by atoms with E-state index in [1.807, 2.05) is 6.08 Å². The number of benzene rings is 1. The quantitative estimate of drug-likeness (QED) is 0.640. The summed E-state index contributed by atoms with van der Waals surface area (Å²) in [4.78, 5) is 24.8. The van der Waals surface area contributed by atoms with E-state index in [2.05, 4.69) is 6.92 Å². The predicted octanol–water partition coefficient (Wildman–Crippen LogP) is 3.72. The molecule has 1 amide bonds. The third-order valence-corrected chi connectivity index (χ3v) is 3.84. The van der Waals surface area contributed by atoms with Gasteiger partial charge in [-0.15, -0.1) is 0 Å². The minimum Gasteiger partial charge on any atom is -0.508 e. The third-order valence-electron chi connectivity index (χ3n) is 3.84. The van der Waals surface area contributed by atoms with E-state index >= 15 is 0 Å². The molecule has 0 radical (unpaired) electrons. The highest BCUT2D eigenvalue weighted by Gasteiger charge is 2.26. The summed E-state index contributed by atoms with van der Waals surface area (Å²) < 4.78 is 0. The molecule has 0 saturated carbocycles.